The highest BCUT2D eigenvalue weighted by molar-refractivity contribution is 6.00. The van der Waals surface area contributed by atoms with Crippen LogP contribution in [0.5, 0.6) is 11.6 Å². The molecule has 2 aromatic rings. The van der Waals surface area contributed by atoms with Gasteiger partial charge >= 0.3 is 0 Å². The molecule has 0 aliphatic carbocycles. The zero-order chi connectivity index (χ0) is 19.1. The minimum Gasteiger partial charge on any atom is -0.438 e. The van der Waals surface area contributed by atoms with Crippen LogP contribution < -0.4 is 4.74 Å². The normalized spacial score (nSPS) is 11.7. The summed E-state index contributed by atoms with van der Waals surface area (Å²) in [5.74, 6) is 0.711. The van der Waals surface area contributed by atoms with E-state index in [1.54, 1.807) is 13.2 Å². The predicted octanol–water partition coefficient (Wildman–Crippen LogP) is 3.81. The van der Waals surface area contributed by atoms with E-state index in [0.29, 0.717) is 30.3 Å². The maximum Gasteiger partial charge on any atom is 0.230 e. The second-order valence-corrected chi connectivity index (χ2v) is 6.06. The topological polar surface area (TPSA) is 67.2 Å². The summed E-state index contributed by atoms with van der Waals surface area (Å²) in [5, 5.41) is 13.2. The van der Waals surface area contributed by atoms with Crippen LogP contribution in [0.3, 0.4) is 0 Å². The summed E-state index contributed by atoms with van der Waals surface area (Å²) in [5.41, 5.74) is 1.28. The Labute approximate surface area is 152 Å². The van der Waals surface area contributed by atoms with Crippen molar-refractivity contribution >= 4 is 5.84 Å². The van der Waals surface area contributed by atoms with Crippen LogP contribution in [0.2, 0.25) is 0 Å². The summed E-state index contributed by atoms with van der Waals surface area (Å²) in [6.07, 6.45) is 0. The van der Waals surface area contributed by atoms with Crippen LogP contribution in [0.1, 0.15) is 25.1 Å². The molecule has 0 saturated carbocycles. The number of aryl methyl sites for hydroxylation is 1. The Kier molecular flexibility index (Phi) is 6.91. The lowest BCUT2D eigenvalue weighted by atomic mass is 10.1. The van der Waals surface area contributed by atoms with Crippen LogP contribution in [0.15, 0.2) is 41.6 Å². The zero-order valence-corrected chi connectivity index (χ0v) is 15.4. The highest BCUT2D eigenvalue weighted by atomic mass is 19.1. The van der Waals surface area contributed by atoms with Gasteiger partial charge in [0, 0.05) is 25.4 Å². The number of amidine groups is 1. The molecule has 0 aliphatic heterocycles. The van der Waals surface area contributed by atoms with E-state index in [1.807, 2.05) is 31.7 Å². The van der Waals surface area contributed by atoms with E-state index in [9.17, 15) is 9.60 Å². The van der Waals surface area contributed by atoms with Gasteiger partial charge in [0.1, 0.15) is 11.6 Å². The summed E-state index contributed by atoms with van der Waals surface area (Å²) in [6, 6.07) is 9.32. The van der Waals surface area contributed by atoms with Crippen molar-refractivity contribution < 1.29 is 19.1 Å². The molecule has 0 amide bonds. The molecule has 1 heterocycles. The molecular formula is C19H24FN3O3. The Bertz CT molecular complexity index is 748. The van der Waals surface area contributed by atoms with Gasteiger partial charge in [-0.3, -0.25) is 0 Å². The Morgan fingerprint density at radius 2 is 1.92 bits per heavy atom. The molecule has 0 radical (unpaired) electrons. The fourth-order valence-corrected chi connectivity index (χ4v) is 2.46. The van der Waals surface area contributed by atoms with E-state index < -0.39 is 0 Å². The van der Waals surface area contributed by atoms with Gasteiger partial charge in [-0.2, -0.15) is 0 Å². The number of pyridine rings is 1. The molecule has 1 aromatic carbocycles. The minimum absolute atomic E-state index is 0.0658. The average Bonchev–Trinajstić information content (AvgIpc) is 2.61. The fraction of sp³-hybridized carbons (Fsp3) is 0.368. The first kappa shape index (κ1) is 19.7. The van der Waals surface area contributed by atoms with Gasteiger partial charge in [0.15, 0.2) is 5.84 Å². The van der Waals surface area contributed by atoms with Gasteiger partial charge in [-0.05, 0) is 57.2 Å². The Hall–Kier alpha value is -2.67. The quantitative estimate of drug-likeness (QED) is 0.351. The van der Waals surface area contributed by atoms with Crippen molar-refractivity contribution in [1.82, 2.24) is 9.88 Å². The number of rotatable bonds is 7. The number of oxime groups is 1. The highest BCUT2D eigenvalue weighted by Gasteiger charge is 2.22. The Morgan fingerprint density at radius 1 is 1.23 bits per heavy atom. The summed E-state index contributed by atoms with van der Waals surface area (Å²) in [6.45, 7) is 6.83. The number of hydrogen-bond acceptors (Lipinski definition) is 5. The number of nitrogens with zero attached hydrogens (tertiary/aromatic N) is 3. The molecule has 0 bridgehead atoms. The van der Waals surface area contributed by atoms with Crippen molar-refractivity contribution in [2.45, 2.75) is 26.8 Å². The van der Waals surface area contributed by atoms with Crippen LogP contribution >= 0.6 is 0 Å². The molecule has 2 rings (SSSR count). The monoisotopic (exact) mass is 361 g/mol. The first-order valence-electron chi connectivity index (χ1n) is 8.35. The Balaban J connectivity index is 2.41. The van der Waals surface area contributed by atoms with Gasteiger partial charge in [-0.25, -0.2) is 9.37 Å². The van der Waals surface area contributed by atoms with Crippen molar-refractivity contribution in [3.63, 3.8) is 0 Å². The third-order valence-corrected chi connectivity index (χ3v) is 3.80. The lowest BCUT2D eigenvalue weighted by Gasteiger charge is -2.29. The molecular weight excluding hydrogens is 337 g/mol. The van der Waals surface area contributed by atoms with Gasteiger partial charge in [0.05, 0.1) is 12.2 Å². The van der Waals surface area contributed by atoms with E-state index >= 15 is 0 Å². The van der Waals surface area contributed by atoms with Gasteiger partial charge in [0.25, 0.3) is 0 Å². The van der Waals surface area contributed by atoms with Crippen molar-refractivity contribution in [2.75, 3.05) is 20.3 Å². The van der Waals surface area contributed by atoms with E-state index in [0.717, 1.165) is 5.69 Å². The van der Waals surface area contributed by atoms with E-state index in [2.05, 4.69) is 10.1 Å². The average molecular weight is 361 g/mol. The molecule has 6 nitrogen and oxygen atoms in total. The standard InChI is InChI=1S/C19H24FN3O3/c1-13(2)23(11-12-25-4)18(22-24)17-10-5-14(3)21-19(17)26-16-8-6-15(20)7-9-16/h5-10,13,24H,11-12H2,1-4H3/b22-18-. The van der Waals surface area contributed by atoms with Crippen LogP contribution in [-0.4, -0.2) is 47.2 Å². The molecule has 7 heteroatoms. The van der Waals surface area contributed by atoms with Crippen LogP contribution in [0.25, 0.3) is 0 Å². The third-order valence-electron chi connectivity index (χ3n) is 3.80. The molecule has 0 atom stereocenters. The van der Waals surface area contributed by atoms with Gasteiger partial charge in [-0.15, -0.1) is 0 Å². The first-order chi connectivity index (χ1) is 12.5. The van der Waals surface area contributed by atoms with Gasteiger partial charge in [0.2, 0.25) is 5.88 Å². The number of ether oxygens (including phenoxy) is 2. The van der Waals surface area contributed by atoms with Gasteiger partial charge in [-0.1, -0.05) is 5.16 Å². The van der Waals surface area contributed by atoms with Crippen LogP contribution in [0, 0.1) is 12.7 Å². The van der Waals surface area contributed by atoms with E-state index in [4.69, 9.17) is 9.47 Å². The van der Waals surface area contributed by atoms with Crippen LogP contribution in [0.4, 0.5) is 4.39 Å². The fourth-order valence-electron chi connectivity index (χ4n) is 2.46. The second-order valence-electron chi connectivity index (χ2n) is 6.06. The van der Waals surface area contributed by atoms with Crippen molar-refractivity contribution in [3.8, 4) is 11.6 Å². The summed E-state index contributed by atoms with van der Waals surface area (Å²) >= 11 is 0. The highest BCUT2D eigenvalue weighted by Crippen LogP contribution is 2.26. The maximum absolute atomic E-state index is 13.1. The lowest BCUT2D eigenvalue weighted by molar-refractivity contribution is 0.164. The molecule has 140 valence electrons. The SMILES string of the molecule is COCCN(/C(=N\O)c1ccc(C)nc1Oc1ccc(F)cc1)C(C)C. The maximum atomic E-state index is 13.1. The molecule has 1 N–H and O–H groups in total. The molecule has 0 aliphatic rings. The van der Waals surface area contributed by atoms with Crippen molar-refractivity contribution in [2.24, 2.45) is 5.16 Å². The van der Waals surface area contributed by atoms with E-state index in [-0.39, 0.29) is 17.7 Å². The predicted molar refractivity (Wildman–Crippen MR) is 97.5 cm³/mol. The summed E-state index contributed by atoms with van der Waals surface area (Å²) < 4.78 is 24.1. The van der Waals surface area contributed by atoms with Crippen LogP contribution in [-0.2, 0) is 4.74 Å². The molecule has 26 heavy (non-hydrogen) atoms. The summed E-state index contributed by atoms with van der Waals surface area (Å²) in [7, 11) is 1.62. The third kappa shape index (κ3) is 4.92. The number of methoxy groups -OCH3 is 1. The summed E-state index contributed by atoms with van der Waals surface area (Å²) in [4.78, 5) is 6.31. The molecule has 1 aromatic heterocycles. The molecule has 0 fully saturated rings. The first-order valence-corrected chi connectivity index (χ1v) is 8.35. The minimum atomic E-state index is -0.349. The number of halogens is 1. The van der Waals surface area contributed by atoms with Crippen molar-refractivity contribution in [3.05, 3.63) is 53.5 Å². The molecule has 0 unspecified atom stereocenters. The lowest BCUT2D eigenvalue weighted by Crippen LogP contribution is -2.40. The Morgan fingerprint density at radius 3 is 2.50 bits per heavy atom. The molecule has 0 spiro atoms. The molecule has 0 saturated heterocycles. The number of benzene rings is 1. The zero-order valence-electron chi connectivity index (χ0n) is 15.4. The van der Waals surface area contributed by atoms with E-state index in [1.165, 1.54) is 24.3 Å². The number of aromatic nitrogens is 1. The second kappa shape index (κ2) is 9.15. The number of hydrogen-bond donors (Lipinski definition) is 1. The largest absolute Gasteiger partial charge is 0.438 e. The smallest absolute Gasteiger partial charge is 0.230 e. The van der Waals surface area contributed by atoms with Gasteiger partial charge < -0.3 is 19.6 Å². The van der Waals surface area contributed by atoms with Crippen molar-refractivity contribution in [1.29, 1.82) is 0 Å².